The molecule has 0 bridgehead atoms. The summed E-state index contributed by atoms with van der Waals surface area (Å²) in [7, 11) is 1.42. The van der Waals surface area contributed by atoms with Gasteiger partial charge in [0.2, 0.25) is 0 Å². The molecule has 3 saturated heterocycles. The Kier molecular flexibility index (Phi) is 15.0. The van der Waals surface area contributed by atoms with Crippen molar-refractivity contribution in [2.75, 3.05) is 34.0 Å². The van der Waals surface area contributed by atoms with Crippen molar-refractivity contribution in [1.29, 1.82) is 0 Å². The van der Waals surface area contributed by atoms with Crippen LogP contribution in [0.3, 0.4) is 0 Å². The molecule has 0 aliphatic carbocycles. The summed E-state index contributed by atoms with van der Waals surface area (Å²) in [6.07, 6.45) is 10.4. The smallest absolute Gasteiger partial charge is 0.192 e. The van der Waals surface area contributed by atoms with Crippen molar-refractivity contribution in [2.45, 2.75) is 173 Å². The van der Waals surface area contributed by atoms with Gasteiger partial charge < -0.3 is 32.8 Å². The molecule has 3 aliphatic rings. The number of hydrogen-bond donors (Lipinski definition) is 0. The lowest BCUT2D eigenvalue weighted by Crippen LogP contribution is -2.48. The molecular weight excluding hydrogens is 637 g/mol. The standard InChI is InChI=1S/C39H68N2O7Si/c1-11-12-15-36(44-26-29-16-18-31(43-8)19-17-29)37-23-20-32(46-37)25-33(48-49(9,10)38(2,3)4)21-22-35-34(28-45-39(5,6)47-35)40-41-24-13-14-30(41)27-42-7/h16-19,30,32-33,35-37H,11-15,20-28H2,1-10H3/b40-34+/t30-,32+,33-,35-,36+,37+/m1/s1. The van der Waals surface area contributed by atoms with Crippen molar-refractivity contribution in [3.63, 3.8) is 0 Å². The van der Waals surface area contributed by atoms with E-state index in [1.165, 1.54) is 0 Å². The van der Waals surface area contributed by atoms with E-state index in [-0.39, 0.29) is 35.6 Å². The number of rotatable bonds is 18. The van der Waals surface area contributed by atoms with E-state index in [2.05, 4.69) is 57.9 Å². The highest BCUT2D eigenvalue weighted by Gasteiger charge is 2.42. The maximum Gasteiger partial charge on any atom is 0.192 e. The number of unbranched alkanes of at least 4 members (excludes halogenated alkanes) is 1. The minimum Gasteiger partial charge on any atom is -0.497 e. The molecule has 1 aromatic rings. The topological polar surface area (TPSA) is 80.2 Å². The summed E-state index contributed by atoms with van der Waals surface area (Å²) < 4.78 is 44.1. The first-order valence-electron chi connectivity index (χ1n) is 19.0. The summed E-state index contributed by atoms with van der Waals surface area (Å²) in [6, 6.07) is 8.46. The number of nitrogens with zero attached hydrogens (tertiary/aromatic N) is 2. The molecular formula is C39H68N2O7Si. The monoisotopic (exact) mass is 704 g/mol. The molecule has 0 radical (unpaired) electrons. The van der Waals surface area contributed by atoms with Crippen LogP contribution in [0.15, 0.2) is 29.4 Å². The number of hydrogen-bond acceptors (Lipinski definition) is 9. The van der Waals surface area contributed by atoms with Gasteiger partial charge in [0.1, 0.15) is 11.9 Å². The van der Waals surface area contributed by atoms with Gasteiger partial charge in [-0.25, -0.2) is 0 Å². The Balaban J connectivity index is 1.44. The van der Waals surface area contributed by atoms with Crippen LogP contribution < -0.4 is 4.74 Å². The normalized spacial score (nSPS) is 26.7. The van der Waals surface area contributed by atoms with Crippen molar-refractivity contribution in [3.8, 4) is 5.75 Å². The fraction of sp³-hybridized carbons (Fsp3) is 0.821. The lowest BCUT2D eigenvalue weighted by atomic mass is 9.99. The van der Waals surface area contributed by atoms with Crippen LogP contribution >= 0.6 is 0 Å². The molecule has 0 amide bonds. The van der Waals surface area contributed by atoms with Crippen LogP contribution in [-0.2, 0) is 34.7 Å². The van der Waals surface area contributed by atoms with Crippen LogP contribution in [0.2, 0.25) is 18.1 Å². The molecule has 9 nitrogen and oxygen atoms in total. The van der Waals surface area contributed by atoms with Gasteiger partial charge in [-0.2, -0.15) is 5.10 Å². The number of ether oxygens (including phenoxy) is 6. The third-order valence-electron chi connectivity index (χ3n) is 10.9. The summed E-state index contributed by atoms with van der Waals surface area (Å²) in [5.41, 5.74) is 2.12. The lowest BCUT2D eigenvalue weighted by molar-refractivity contribution is -0.236. The molecule has 0 N–H and O–H groups in total. The highest BCUT2D eigenvalue weighted by atomic mass is 28.4. The number of benzene rings is 1. The largest absolute Gasteiger partial charge is 0.497 e. The van der Waals surface area contributed by atoms with Gasteiger partial charge in [-0.05, 0) is 101 Å². The molecule has 6 atom stereocenters. The zero-order chi connectivity index (χ0) is 35.7. The maximum atomic E-state index is 7.17. The molecule has 1 aromatic carbocycles. The van der Waals surface area contributed by atoms with Crippen molar-refractivity contribution < 1.29 is 32.8 Å². The van der Waals surface area contributed by atoms with Gasteiger partial charge in [0.25, 0.3) is 0 Å². The molecule has 0 spiro atoms. The Hall–Kier alpha value is -1.53. The second-order valence-electron chi connectivity index (χ2n) is 16.3. The van der Waals surface area contributed by atoms with Crippen molar-refractivity contribution in [2.24, 2.45) is 5.10 Å². The highest BCUT2D eigenvalue weighted by molar-refractivity contribution is 6.74. The molecule has 3 heterocycles. The van der Waals surface area contributed by atoms with Crippen LogP contribution in [0.5, 0.6) is 5.75 Å². The zero-order valence-electron chi connectivity index (χ0n) is 32.4. The second kappa shape index (κ2) is 18.3. The molecule has 4 rings (SSSR count). The van der Waals surface area contributed by atoms with Crippen molar-refractivity contribution in [3.05, 3.63) is 29.8 Å². The van der Waals surface area contributed by atoms with Crippen LogP contribution in [0.1, 0.15) is 111 Å². The number of methoxy groups -OCH3 is 2. The second-order valence-corrected chi connectivity index (χ2v) is 21.1. The summed E-state index contributed by atoms with van der Waals surface area (Å²) >= 11 is 0. The molecule has 10 heteroatoms. The zero-order valence-corrected chi connectivity index (χ0v) is 33.4. The van der Waals surface area contributed by atoms with Gasteiger partial charge in [-0.1, -0.05) is 52.7 Å². The third kappa shape index (κ3) is 12.0. The Morgan fingerprint density at radius 2 is 1.82 bits per heavy atom. The van der Waals surface area contributed by atoms with Crippen LogP contribution in [0.25, 0.3) is 0 Å². The van der Waals surface area contributed by atoms with Crippen molar-refractivity contribution in [1.82, 2.24) is 5.01 Å². The van der Waals surface area contributed by atoms with E-state index in [1.54, 1.807) is 14.2 Å². The summed E-state index contributed by atoms with van der Waals surface area (Å²) in [6.45, 7) is 20.6. The van der Waals surface area contributed by atoms with Crippen molar-refractivity contribution >= 4 is 14.0 Å². The quantitative estimate of drug-likeness (QED) is 0.141. The first kappa shape index (κ1) is 40.2. The van der Waals surface area contributed by atoms with Gasteiger partial charge in [-0.15, -0.1) is 0 Å². The Morgan fingerprint density at radius 3 is 2.49 bits per heavy atom. The van der Waals surface area contributed by atoms with Gasteiger partial charge in [0.05, 0.1) is 57.0 Å². The molecule has 3 fully saturated rings. The van der Waals surface area contributed by atoms with E-state index in [1.807, 2.05) is 26.0 Å². The van der Waals surface area contributed by atoms with Crippen LogP contribution in [0.4, 0.5) is 0 Å². The SMILES string of the molecule is CCCC[C@H](OCc1ccc(OC)cc1)[C@@H]1CC[C@@H](C[C@@H](CC[C@H]2OC(C)(C)OC/C2=N\N2CCC[C@@H]2COC)O[Si](C)(C)C(C)(C)C)O1. The third-order valence-corrected chi connectivity index (χ3v) is 15.4. The van der Waals surface area contributed by atoms with Gasteiger partial charge >= 0.3 is 0 Å². The van der Waals surface area contributed by atoms with E-state index >= 15 is 0 Å². The first-order chi connectivity index (χ1) is 23.2. The van der Waals surface area contributed by atoms with E-state index in [9.17, 15) is 0 Å². The lowest BCUT2D eigenvalue weighted by Gasteiger charge is -2.41. The van der Waals surface area contributed by atoms with Crippen LogP contribution in [-0.4, -0.2) is 95.4 Å². The Labute approximate surface area is 298 Å². The van der Waals surface area contributed by atoms with E-state index < -0.39 is 14.1 Å². The fourth-order valence-electron chi connectivity index (χ4n) is 6.92. The minimum atomic E-state index is -2.04. The predicted octanol–water partition coefficient (Wildman–Crippen LogP) is 8.50. The molecule has 0 aromatic heterocycles. The average molecular weight is 705 g/mol. The molecule has 0 saturated carbocycles. The molecule has 49 heavy (non-hydrogen) atoms. The summed E-state index contributed by atoms with van der Waals surface area (Å²) in [5, 5.41) is 7.43. The van der Waals surface area contributed by atoms with E-state index in [0.717, 1.165) is 87.8 Å². The Morgan fingerprint density at radius 1 is 1.06 bits per heavy atom. The van der Waals surface area contributed by atoms with Crippen LogP contribution in [0, 0.1) is 0 Å². The molecule has 3 aliphatic heterocycles. The summed E-state index contributed by atoms with van der Waals surface area (Å²) in [4.78, 5) is 0. The first-order valence-corrected chi connectivity index (χ1v) is 21.9. The molecule has 0 unspecified atom stereocenters. The van der Waals surface area contributed by atoms with Gasteiger partial charge in [0, 0.05) is 19.8 Å². The van der Waals surface area contributed by atoms with E-state index in [4.69, 9.17) is 37.9 Å². The maximum absolute atomic E-state index is 7.17. The average Bonchev–Trinajstić information content (AvgIpc) is 3.70. The van der Waals surface area contributed by atoms with E-state index in [0.29, 0.717) is 25.9 Å². The summed E-state index contributed by atoms with van der Waals surface area (Å²) in [5.74, 6) is 0.206. The Bertz CT molecular complexity index is 1160. The highest BCUT2D eigenvalue weighted by Crippen LogP contribution is 2.40. The number of hydrazone groups is 1. The fourth-order valence-corrected chi connectivity index (χ4v) is 8.32. The molecule has 280 valence electrons. The minimum absolute atomic E-state index is 0.0720. The van der Waals surface area contributed by atoms with Gasteiger partial charge in [-0.3, -0.25) is 5.01 Å². The predicted molar refractivity (Wildman–Crippen MR) is 199 cm³/mol. The van der Waals surface area contributed by atoms with Gasteiger partial charge in [0.15, 0.2) is 14.1 Å².